The molecule has 0 aromatic heterocycles. The van der Waals surface area contributed by atoms with Gasteiger partial charge in [0.15, 0.2) is 0 Å². The van der Waals surface area contributed by atoms with Crippen LogP contribution in [0.15, 0.2) is 18.2 Å². The first kappa shape index (κ1) is 17.2. The molecule has 0 fully saturated rings. The number of aliphatic hydroxyl groups excluding tert-OH is 1. The fourth-order valence-corrected chi connectivity index (χ4v) is 1.93. The summed E-state index contributed by atoms with van der Waals surface area (Å²) in [6.07, 6.45) is 0.994. The lowest BCUT2D eigenvalue weighted by Gasteiger charge is -2.24. The van der Waals surface area contributed by atoms with Crippen molar-refractivity contribution in [1.82, 2.24) is 4.90 Å². The molecule has 21 heavy (non-hydrogen) atoms. The zero-order chi connectivity index (χ0) is 15.8. The van der Waals surface area contributed by atoms with Gasteiger partial charge in [0.05, 0.1) is 5.56 Å². The van der Waals surface area contributed by atoms with E-state index in [0.717, 1.165) is 6.42 Å². The van der Waals surface area contributed by atoms with Gasteiger partial charge in [-0.15, -0.1) is 0 Å². The number of carbonyl (C=O) groups excluding carboxylic acids is 1. The lowest BCUT2D eigenvalue weighted by Crippen LogP contribution is -2.34. The van der Waals surface area contributed by atoms with Crippen LogP contribution in [0, 0.1) is 23.6 Å². The van der Waals surface area contributed by atoms with Gasteiger partial charge < -0.3 is 10.0 Å². The Kier molecular flexibility index (Phi) is 6.90. The Balaban J connectivity index is 2.93. The predicted octanol–water partition coefficient (Wildman–Crippen LogP) is 2.68. The zero-order valence-corrected chi connectivity index (χ0v) is 12.8. The molecule has 1 atom stereocenters. The summed E-state index contributed by atoms with van der Waals surface area (Å²) in [7, 11) is 0. The van der Waals surface area contributed by atoms with Crippen LogP contribution in [0.4, 0.5) is 4.39 Å². The van der Waals surface area contributed by atoms with Crippen molar-refractivity contribution in [2.24, 2.45) is 5.92 Å². The molecule has 1 rings (SSSR count). The van der Waals surface area contributed by atoms with Gasteiger partial charge in [-0.25, -0.2) is 4.39 Å². The lowest BCUT2D eigenvalue weighted by molar-refractivity contribution is 0.0740. The van der Waals surface area contributed by atoms with Crippen LogP contribution in [0.25, 0.3) is 0 Å². The van der Waals surface area contributed by atoms with Crippen LogP contribution >= 0.6 is 0 Å². The molecule has 0 heterocycles. The molecule has 0 aliphatic carbocycles. The molecule has 0 aliphatic heterocycles. The Morgan fingerprint density at radius 1 is 1.43 bits per heavy atom. The van der Waals surface area contributed by atoms with Crippen molar-refractivity contribution >= 4 is 5.91 Å². The van der Waals surface area contributed by atoms with Crippen molar-refractivity contribution in [2.75, 3.05) is 19.7 Å². The molecule has 1 unspecified atom stereocenters. The molecule has 1 amide bonds. The van der Waals surface area contributed by atoms with E-state index in [1.54, 1.807) is 11.0 Å². The van der Waals surface area contributed by atoms with Gasteiger partial charge >= 0.3 is 0 Å². The molecule has 0 saturated heterocycles. The first-order chi connectivity index (χ1) is 10.0. The summed E-state index contributed by atoms with van der Waals surface area (Å²) in [4.78, 5) is 14.1. The van der Waals surface area contributed by atoms with Gasteiger partial charge in [0.25, 0.3) is 5.91 Å². The van der Waals surface area contributed by atoms with Crippen LogP contribution < -0.4 is 0 Å². The molecule has 0 aliphatic rings. The van der Waals surface area contributed by atoms with Gasteiger partial charge in [0, 0.05) is 18.7 Å². The van der Waals surface area contributed by atoms with Crippen molar-refractivity contribution < 1.29 is 14.3 Å². The Hall–Kier alpha value is -1.86. The van der Waals surface area contributed by atoms with Gasteiger partial charge in [-0.05, 0) is 31.0 Å². The molecule has 0 saturated carbocycles. The molecule has 1 N–H and O–H groups in total. The van der Waals surface area contributed by atoms with Crippen LogP contribution in [-0.4, -0.2) is 35.6 Å². The highest BCUT2D eigenvalue weighted by Crippen LogP contribution is 2.13. The summed E-state index contributed by atoms with van der Waals surface area (Å²) in [5, 5.41) is 8.62. The summed E-state index contributed by atoms with van der Waals surface area (Å²) in [5.41, 5.74) is 0.512. The van der Waals surface area contributed by atoms with Gasteiger partial charge in [-0.2, -0.15) is 0 Å². The van der Waals surface area contributed by atoms with E-state index in [-0.39, 0.29) is 18.1 Å². The Labute approximate surface area is 125 Å². The molecular formula is C17H22FNO2. The van der Waals surface area contributed by atoms with E-state index >= 15 is 0 Å². The van der Waals surface area contributed by atoms with E-state index in [4.69, 9.17) is 5.11 Å². The highest BCUT2D eigenvalue weighted by molar-refractivity contribution is 5.94. The topological polar surface area (TPSA) is 40.5 Å². The molecule has 3 nitrogen and oxygen atoms in total. The number of rotatable bonds is 5. The summed E-state index contributed by atoms with van der Waals surface area (Å²) in [6.45, 7) is 7.02. The first-order valence-corrected chi connectivity index (χ1v) is 7.22. The SMILES string of the molecule is CCC(C)CN(CC)C(=O)c1ccc(C#CCO)c(F)c1. The van der Waals surface area contributed by atoms with E-state index in [9.17, 15) is 9.18 Å². The number of amides is 1. The van der Waals surface area contributed by atoms with Crippen molar-refractivity contribution in [3.05, 3.63) is 35.1 Å². The van der Waals surface area contributed by atoms with Crippen molar-refractivity contribution in [1.29, 1.82) is 0 Å². The molecule has 1 aromatic rings. The third-order valence-corrected chi connectivity index (χ3v) is 3.42. The summed E-state index contributed by atoms with van der Waals surface area (Å²) < 4.78 is 13.9. The second kappa shape index (κ2) is 8.43. The van der Waals surface area contributed by atoms with Crippen molar-refractivity contribution in [2.45, 2.75) is 27.2 Å². The van der Waals surface area contributed by atoms with Crippen LogP contribution in [-0.2, 0) is 0 Å². The predicted molar refractivity (Wildman–Crippen MR) is 81.4 cm³/mol. The minimum atomic E-state index is -0.540. The quantitative estimate of drug-likeness (QED) is 0.847. The number of aliphatic hydroxyl groups is 1. The van der Waals surface area contributed by atoms with Gasteiger partial charge in [-0.3, -0.25) is 4.79 Å². The van der Waals surface area contributed by atoms with E-state index in [0.29, 0.717) is 24.6 Å². The van der Waals surface area contributed by atoms with Gasteiger partial charge in [0.1, 0.15) is 12.4 Å². The molecule has 0 spiro atoms. The molecular weight excluding hydrogens is 269 g/mol. The Bertz CT molecular complexity index is 545. The molecule has 0 bridgehead atoms. The van der Waals surface area contributed by atoms with Crippen molar-refractivity contribution in [3.63, 3.8) is 0 Å². The monoisotopic (exact) mass is 291 g/mol. The Morgan fingerprint density at radius 3 is 2.67 bits per heavy atom. The standard InChI is InChI=1S/C17H22FNO2/c1-4-13(3)12-19(5-2)17(21)15-9-8-14(7-6-10-20)16(18)11-15/h8-9,11,13,20H,4-5,10,12H2,1-3H3. The average molecular weight is 291 g/mol. The number of hydrogen-bond acceptors (Lipinski definition) is 2. The fraction of sp³-hybridized carbons (Fsp3) is 0.471. The van der Waals surface area contributed by atoms with Crippen LogP contribution in [0.5, 0.6) is 0 Å². The maximum absolute atomic E-state index is 13.9. The summed E-state index contributed by atoms with van der Waals surface area (Å²) in [6, 6.07) is 4.26. The molecule has 1 aromatic carbocycles. The number of nitrogens with zero attached hydrogens (tertiary/aromatic N) is 1. The van der Waals surface area contributed by atoms with Gasteiger partial charge in [-0.1, -0.05) is 32.1 Å². The third kappa shape index (κ3) is 4.87. The number of carbonyl (C=O) groups is 1. The normalized spacial score (nSPS) is 11.5. The number of hydrogen-bond donors (Lipinski definition) is 1. The smallest absolute Gasteiger partial charge is 0.253 e. The average Bonchev–Trinajstić information content (AvgIpc) is 2.50. The molecule has 114 valence electrons. The molecule has 0 radical (unpaired) electrons. The maximum Gasteiger partial charge on any atom is 0.253 e. The third-order valence-electron chi connectivity index (χ3n) is 3.42. The fourth-order valence-electron chi connectivity index (χ4n) is 1.93. The van der Waals surface area contributed by atoms with Gasteiger partial charge in [0.2, 0.25) is 0 Å². The number of halogens is 1. The van der Waals surface area contributed by atoms with Crippen molar-refractivity contribution in [3.8, 4) is 11.8 Å². The highest BCUT2D eigenvalue weighted by atomic mass is 19.1. The van der Waals surface area contributed by atoms with Crippen LogP contribution in [0.2, 0.25) is 0 Å². The minimum Gasteiger partial charge on any atom is -0.384 e. The highest BCUT2D eigenvalue weighted by Gasteiger charge is 2.17. The lowest BCUT2D eigenvalue weighted by atomic mass is 10.1. The summed E-state index contributed by atoms with van der Waals surface area (Å²) >= 11 is 0. The van der Waals surface area contributed by atoms with Crippen LogP contribution in [0.3, 0.4) is 0 Å². The van der Waals surface area contributed by atoms with E-state index < -0.39 is 5.82 Å². The Morgan fingerprint density at radius 2 is 2.14 bits per heavy atom. The maximum atomic E-state index is 13.9. The second-order valence-corrected chi connectivity index (χ2v) is 5.01. The first-order valence-electron chi connectivity index (χ1n) is 7.22. The summed E-state index contributed by atoms with van der Waals surface area (Å²) in [5.74, 6) is 4.61. The van der Waals surface area contributed by atoms with E-state index in [2.05, 4.69) is 25.7 Å². The zero-order valence-electron chi connectivity index (χ0n) is 12.8. The number of benzene rings is 1. The molecule has 4 heteroatoms. The van der Waals surface area contributed by atoms with E-state index in [1.165, 1.54) is 12.1 Å². The minimum absolute atomic E-state index is 0.168. The van der Waals surface area contributed by atoms with Crippen LogP contribution in [0.1, 0.15) is 43.1 Å². The largest absolute Gasteiger partial charge is 0.384 e. The van der Waals surface area contributed by atoms with E-state index in [1.807, 2.05) is 6.92 Å². The second-order valence-electron chi connectivity index (χ2n) is 5.01.